The number of benzene rings is 1. The molecule has 1 aromatic carbocycles. The molecule has 0 aromatic heterocycles. The zero-order valence-corrected chi connectivity index (χ0v) is 11.0. The summed E-state index contributed by atoms with van der Waals surface area (Å²) >= 11 is 0. The van der Waals surface area contributed by atoms with Gasteiger partial charge in [0.05, 0.1) is 23.3 Å². The SMILES string of the molecule is CC(C)N(CCO)c1cc(C(=O)O)c([N+](=O)[O-])cc1F. The van der Waals surface area contributed by atoms with Gasteiger partial charge in [0.2, 0.25) is 0 Å². The van der Waals surface area contributed by atoms with Gasteiger partial charge in [-0.25, -0.2) is 9.18 Å². The molecule has 20 heavy (non-hydrogen) atoms. The lowest BCUT2D eigenvalue weighted by atomic mass is 10.1. The van der Waals surface area contributed by atoms with Gasteiger partial charge in [-0.1, -0.05) is 0 Å². The fourth-order valence-electron chi connectivity index (χ4n) is 1.86. The van der Waals surface area contributed by atoms with Crippen molar-refractivity contribution in [3.8, 4) is 0 Å². The third-order valence-corrected chi connectivity index (χ3v) is 2.77. The lowest BCUT2D eigenvalue weighted by Crippen LogP contribution is -2.34. The van der Waals surface area contributed by atoms with E-state index in [1.54, 1.807) is 13.8 Å². The summed E-state index contributed by atoms with van der Waals surface area (Å²) < 4.78 is 14.0. The van der Waals surface area contributed by atoms with Gasteiger partial charge in [-0.05, 0) is 19.9 Å². The van der Waals surface area contributed by atoms with Gasteiger partial charge in [0.15, 0.2) is 5.82 Å². The van der Waals surface area contributed by atoms with Gasteiger partial charge in [-0.15, -0.1) is 0 Å². The Balaban J connectivity index is 3.44. The molecule has 110 valence electrons. The molecule has 8 heteroatoms. The summed E-state index contributed by atoms with van der Waals surface area (Å²) in [6, 6.07) is 1.30. The fraction of sp³-hybridized carbons (Fsp3) is 0.417. The summed E-state index contributed by atoms with van der Waals surface area (Å²) in [5.41, 5.74) is -1.47. The molecule has 0 spiro atoms. The van der Waals surface area contributed by atoms with Gasteiger partial charge >= 0.3 is 5.97 Å². The fourth-order valence-corrected chi connectivity index (χ4v) is 1.86. The minimum atomic E-state index is -1.51. The molecule has 0 atom stereocenters. The van der Waals surface area contributed by atoms with Crippen LogP contribution in [0.2, 0.25) is 0 Å². The monoisotopic (exact) mass is 286 g/mol. The van der Waals surface area contributed by atoms with E-state index in [1.165, 1.54) is 4.90 Å². The van der Waals surface area contributed by atoms with Gasteiger partial charge in [-0.2, -0.15) is 0 Å². The maximum absolute atomic E-state index is 14.0. The van der Waals surface area contributed by atoms with Gasteiger partial charge in [0.1, 0.15) is 5.56 Å². The van der Waals surface area contributed by atoms with Crippen molar-refractivity contribution in [3.63, 3.8) is 0 Å². The third-order valence-electron chi connectivity index (χ3n) is 2.77. The molecule has 0 saturated carbocycles. The van der Waals surface area contributed by atoms with E-state index in [1.807, 2.05) is 0 Å². The molecule has 0 fully saturated rings. The highest BCUT2D eigenvalue weighted by molar-refractivity contribution is 5.93. The van der Waals surface area contributed by atoms with Crippen LogP contribution in [0, 0.1) is 15.9 Å². The zero-order chi connectivity index (χ0) is 15.4. The number of nitro groups is 1. The number of hydrogen-bond acceptors (Lipinski definition) is 5. The number of nitro benzene ring substituents is 1. The van der Waals surface area contributed by atoms with E-state index in [0.717, 1.165) is 6.07 Å². The first kappa shape index (κ1) is 15.8. The van der Waals surface area contributed by atoms with Crippen molar-refractivity contribution in [2.24, 2.45) is 0 Å². The van der Waals surface area contributed by atoms with Crippen LogP contribution in [0.1, 0.15) is 24.2 Å². The summed E-state index contributed by atoms with van der Waals surface area (Å²) in [6.07, 6.45) is 0. The quantitative estimate of drug-likeness (QED) is 0.608. The van der Waals surface area contributed by atoms with Gasteiger partial charge in [0, 0.05) is 12.6 Å². The highest BCUT2D eigenvalue weighted by atomic mass is 19.1. The minimum absolute atomic E-state index is 0.0861. The van der Waals surface area contributed by atoms with Crippen LogP contribution in [0.5, 0.6) is 0 Å². The van der Waals surface area contributed by atoms with Crippen molar-refractivity contribution in [2.75, 3.05) is 18.1 Å². The molecule has 0 saturated heterocycles. The van der Waals surface area contributed by atoms with Crippen molar-refractivity contribution in [2.45, 2.75) is 19.9 Å². The standard InChI is InChI=1S/C12H15FN2O5/c1-7(2)14(3-4-16)11-5-8(12(17)18)10(15(19)20)6-9(11)13/h5-7,16H,3-4H2,1-2H3,(H,17,18). The van der Waals surface area contributed by atoms with Crippen LogP contribution in [0.15, 0.2) is 12.1 Å². The second-order valence-corrected chi connectivity index (χ2v) is 4.39. The number of aliphatic hydroxyl groups excluding tert-OH is 1. The number of nitrogens with zero attached hydrogens (tertiary/aromatic N) is 2. The molecule has 0 aliphatic carbocycles. The Labute approximate surface area is 114 Å². The predicted octanol–water partition coefficient (Wildman–Crippen LogP) is 1.64. The molecule has 2 N–H and O–H groups in total. The average Bonchev–Trinajstić information content (AvgIpc) is 2.35. The van der Waals surface area contributed by atoms with Crippen LogP contribution in [0.4, 0.5) is 15.8 Å². The summed E-state index contributed by atoms with van der Waals surface area (Å²) in [5, 5.41) is 28.7. The van der Waals surface area contributed by atoms with Crippen LogP contribution in [-0.2, 0) is 0 Å². The number of halogens is 1. The topological polar surface area (TPSA) is 104 Å². The molecule has 0 amide bonds. The highest BCUT2D eigenvalue weighted by Gasteiger charge is 2.26. The van der Waals surface area contributed by atoms with E-state index in [-0.39, 0.29) is 24.9 Å². The van der Waals surface area contributed by atoms with Crippen molar-refractivity contribution in [3.05, 3.63) is 33.6 Å². The van der Waals surface area contributed by atoms with E-state index >= 15 is 0 Å². The second kappa shape index (κ2) is 6.29. The van der Waals surface area contributed by atoms with Crippen LogP contribution < -0.4 is 4.90 Å². The molecular formula is C12H15FN2O5. The number of aliphatic hydroxyl groups is 1. The Hall–Kier alpha value is -2.22. The molecule has 0 bridgehead atoms. The summed E-state index contributed by atoms with van der Waals surface area (Å²) in [5.74, 6) is -2.41. The highest BCUT2D eigenvalue weighted by Crippen LogP contribution is 2.29. The smallest absolute Gasteiger partial charge is 0.342 e. The summed E-state index contributed by atoms with van der Waals surface area (Å²) in [4.78, 5) is 22.3. The van der Waals surface area contributed by atoms with Crippen molar-refractivity contribution in [1.29, 1.82) is 0 Å². The van der Waals surface area contributed by atoms with Crippen LogP contribution >= 0.6 is 0 Å². The molecule has 0 heterocycles. The van der Waals surface area contributed by atoms with Gasteiger partial charge in [0.25, 0.3) is 5.69 Å². The Bertz CT molecular complexity index is 533. The Morgan fingerprint density at radius 2 is 2.10 bits per heavy atom. The summed E-state index contributed by atoms with van der Waals surface area (Å²) in [6.45, 7) is 3.30. The number of hydrogen-bond donors (Lipinski definition) is 2. The first-order chi connectivity index (χ1) is 9.29. The second-order valence-electron chi connectivity index (χ2n) is 4.39. The van der Waals surface area contributed by atoms with Crippen LogP contribution in [0.25, 0.3) is 0 Å². The predicted molar refractivity (Wildman–Crippen MR) is 69.6 cm³/mol. The van der Waals surface area contributed by atoms with Gasteiger partial charge < -0.3 is 15.1 Å². The normalized spacial score (nSPS) is 10.7. The van der Waals surface area contributed by atoms with Crippen LogP contribution in [-0.4, -0.2) is 40.3 Å². The number of carboxylic acid groups (broad SMARTS) is 1. The van der Waals surface area contributed by atoms with Crippen molar-refractivity contribution >= 4 is 17.3 Å². The molecule has 0 aliphatic rings. The lowest BCUT2D eigenvalue weighted by Gasteiger charge is -2.28. The zero-order valence-electron chi connectivity index (χ0n) is 11.0. The average molecular weight is 286 g/mol. The Morgan fingerprint density at radius 1 is 1.50 bits per heavy atom. The maximum atomic E-state index is 14.0. The minimum Gasteiger partial charge on any atom is -0.477 e. The first-order valence-electron chi connectivity index (χ1n) is 5.88. The third kappa shape index (κ3) is 3.21. The largest absolute Gasteiger partial charge is 0.477 e. The number of rotatable bonds is 6. The van der Waals surface area contributed by atoms with E-state index in [2.05, 4.69) is 0 Å². The number of carbonyl (C=O) groups is 1. The summed E-state index contributed by atoms with van der Waals surface area (Å²) in [7, 11) is 0. The van der Waals surface area contributed by atoms with E-state index in [0.29, 0.717) is 6.07 Å². The molecule has 1 aromatic rings. The number of carboxylic acids is 1. The molecule has 0 aliphatic heterocycles. The number of anilines is 1. The molecule has 7 nitrogen and oxygen atoms in total. The molecule has 1 rings (SSSR count). The molecule has 0 unspecified atom stereocenters. The number of aromatic carboxylic acids is 1. The Morgan fingerprint density at radius 3 is 2.50 bits per heavy atom. The van der Waals surface area contributed by atoms with Gasteiger partial charge in [-0.3, -0.25) is 10.1 Å². The van der Waals surface area contributed by atoms with E-state index in [9.17, 15) is 19.3 Å². The van der Waals surface area contributed by atoms with Crippen LogP contribution in [0.3, 0.4) is 0 Å². The molecule has 0 radical (unpaired) electrons. The maximum Gasteiger partial charge on any atom is 0.342 e. The van der Waals surface area contributed by atoms with Crippen molar-refractivity contribution in [1.82, 2.24) is 0 Å². The first-order valence-corrected chi connectivity index (χ1v) is 5.88. The van der Waals surface area contributed by atoms with Crippen molar-refractivity contribution < 1.29 is 24.3 Å². The Kier molecular flexibility index (Phi) is 4.98. The van der Waals surface area contributed by atoms with E-state index in [4.69, 9.17) is 10.2 Å². The van der Waals surface area contributed by atoms with E-state index < -0.39 is 28.0 Å². The lowest BCUT2D eigenvalue weighted by molar-refractivity contribution is -0.385. The molecular weight excluding hydrogens is 271 g/mol.